The summed E-state index contributed by atoms with van der Waals surface area (Å²) in [6.45, 7) is 3.16. The highest BCUT2D eigenvalue weighted by Gasteiger charge is 2.29. The number of aryl methyl sites for hydroxylation is 1. The molecule has 136 valence electrons. The highest BCUT2D eigenvalue weighted by atomic mass is 32.2. The van der Waals surface area contributed by atoms with Gasteiger partial charge in [-0.3, -0.25) is 9.59 Å². The topological polar surface area (TPSA) is 72.0 Å². The molecule has 1 aliphatic rings. The number of rotatable bonds is 6. The molecule has 0 unspecified atom stereocenters. The van der Waals surface area contributed by atoms with E-state index in [4.69, 9.17) is 0 Å². The number of nitrogens with one attached hydrogen (secondary N) is 1. The molecular weight excluding hydrogens is 360 g/mol. The lowest BCUT2D eigenvalue weighted by atomic mass is 10.2. The molecule has 1 heterocycles. The number of halogens is 2. The molecule has 1 aliphatic carbocycles. The molecule has 8 heteroatoms. The lowest BCUT2D eigenvalue weighted by Crippen LogP contribution is -2.17. The van der Waals surface area contributed by atoms with E-state index in [2.05, 4.69) is 15.3 Å². The van der Waals surface area contributed by atoms with Crippen LogP contribution in [0.3, 0.4) is 0 Å². The third kappa shape index (κ3) is 4.07. The van der Waals surface area contributed by atoms with Crippen molar-refractivity contribution in [1.82, 2.24) is 9.97 Å². The molecule has 0 spiro atoms. The molecule has 1 amide bonds. The minimum Gasteiger partial charge on any atom is -0.320 e. The minimum absolute atomic E-state index is 0.130. The number of amides is 1. The van der Waals surface area contributed by atoms with E-state index in [-0.39, 0.29) is 11.5 Å². The van der Waals surface area contributed by atoms with Crippen LogP contribution in [0.5, 0.6) is 0 Å². The molecule has 26 heavy (non-hydrogen) atoms. The number of benzene rings is 1. The van der Waals surface area contributed by atoms with Crippen molar-refractivity contribution in [3.63, 3.8) is 0 Å². The van der Waals surface area contributed by atoms with Crippen molar-refractivity contribution >= 4 is 29.1 Å². The largest absolute Gasteiger partial charge is 0.320 e. The Morgan fingerprint density at radius 1 is 1.23 bits per heavy atom. The van der Waals surface area contributed by atoms with E-state index < -0.39 is 23.2 Å². The van der Waals surface area contributed by atoms with Gasteiger partial charge in [0.15, 0.2) is 5.78 Å². The van der Waals surface area contributed by atoms with Crippen LogP contribution in [0.15, 0.2) is 23.2 Å². The van der Waals surface area contributed by atoms with Crippen LogP contribution in [0.25, 0.3) is 0 Å². The Balaban J connectivity index is 1.76. The van der Waals surface area contributed by atoms with Gasteiger partial charge in [0.1, 0.15) is 28.2 Å². The third-order valence-electron chi connectivity index (χ3n) is 3.94. The smallest absolute Gasteiger partial charge is 0.234 e. The number of carbonyl (C=O) groups is 2. The maximum atomic E-state index is 13.6. The summed E-state index contributed by atoms with van der Waals surface area (Å²) in [7, 11) is 0. The number of ketones is 1. The van der Waals surface area contributed by atoms with E-state index in [1.54, 1.807) is 6.92 Å². The van der Waals surface area contributed by atoms with Crippen LogP contribution >= 0.6 is 11.8 Å². The summed E-state index contributed by atoms with van der Waals surface area (Å²) < 4.78 is 27.2. The van der Waals surface area contributed by atoms with E-state index >= 15 is 0 Å². The predicted molar refractivity (Wildman–Crippen MR) is 94.5 cm³/mol. The standard InChI is InChI=1S/C18H17F2N3O2S/c1-9-15(10(2)24)18(23-17(21-9)11-6-7-11)26-8-14(25)22-16-12(19)4-3-5-13(16)20/h3-5,11H,6-8H2,1-2H3,(H,22,25). The molecule has 0 atom stereocenters. The van der Waals surface area contributed by atoms with Gasteiger partial charge in [-0.1, -0.05) is 17.8 Å². The van der Waals surface area contributed by atoms with Crippen LogP contribution in [-0.4, -0.2) is 27.4 Å². The maximum Gasteiger partial charge on any atom is 0.234 e. The highest BCUT2D eigenvalue weighted by Crippen LogP contribution is 2.39. The van der Waals surface area contributed by atoms with Gasteiger partial charge >= 0.3 is 0 Å². The van der Waals surface area contributed by atoms with Gasteiger partial charge in [0.25, 0.3) is 0 Å². The monoisotopic (exact) mass is 377 g/mol. The first kappa shape index (κ1) is 18.4. The van der Waals surface area contributed by atoms with E-state index in [0.29, 0.717) is 28.0 Å². The normalized spacial score (nSPS) is 13.5. The molecule has 5 nitrogen and oxygen atoms in total. The molecule has 2 aromatic rings. The molecule has 0 saturated heterocycles. The number of hydrogen-bond donors (Lipinski definition) is 1. The summed E-state index contributed by atoms with van der Waals surface area (Å²) in [5.41, 5.74) is 0.476. The van der Waals surface area contributed by atoms with Crippen molar-refractivity contribution < 1.29 is 18.4 Å². The lowest BCUT2D eigenvalue weighted by molar-refractivity contribution is -0.113. The second-order valence-electron chi connectivity index (χ2n) is 6.11. The van der Waals surface area contributed by atoms with Crippen LogP contribution in [0, 0.1) is 18.6 Å². The quantitative estimate of drug-likeness (QED) is 0.470. The Morgan fingerprint density at radius 2 is 1.88 bits per heavy atom. The minimum atomic E-state index is -0.846. The van der Waals surface area contributed by atoms with Gasteiger partial charge in [-0.25, -0.2) is 18.7 Å². The summed E-state index contributed by atoms with van der Waals surface area (Å²) in [5.74, 6) is -1.62. The number of thioether (sulfide) groups is 1. The van der Waals surface area contributed by atoms with Crippen LogP contribution in [0.1, 0.15) is 47.6 Å². The third-order valence-corrected chi connectivity index (χ3v) is 4.91. The molecule has 1 fully saturated rings. The Labute approximate surface area is 153 Å². The number of aromatic nitrogens is 2. The average Bonchev–Trinajstić information content (AvgIpc) is 3.40. The van der Waals surface area contributed by atoms with Crippen molar-refractivity contribution in [2.75, 3.05) is 11.1 Å². The molecule has 0 radical (unpaired) electrons. The van der Waals surface area contributed by atoms with Crippen LogP contribution in [0.2, 0.25) is 0 Å². The maximum absolute atomic E-state index is 13.6. The highest BCUT2D eigenvalue weighted by molar-refractivity contribution is 8.00. The number of hydrogen-bond acceptors (Lipinski definition) is 5. The summed E-state index contributed by atoms with van der Waals surface area (Å²) in [5, 5.41) is 2.65. The first-order chi connectivity index (χ1) is 12.4. The fourth-order valence-electron chi connectivity index (χ4n) is 2.53. The average molecular weight is 377 g/mol. The number of para-hydroxylation sites is 1. The van der Waals surface area contributed by atoms with Crippen LogP contribution in [0.4, 0.5) is 14.5 Å². The summed E-state index contributed by atoms with van der Waals surface area (Å²) >= 11 is 1.06. The number of anilines is 1. The van der Waals surface area contributed by atoms with E-state index in [1.807, 2.05) is 0 Å². The second kappa shape index (κ2) is 7.49. The molecule has 1 saturated carbocycles. The van der Waals surface area contributed by atoms with Gasteiger partial charge < -0.3 is 5.32 Å². The van der Waals surface area contributed by atoms with E-state index in [9.17, 15) is 18.4 Å². The van der Waals surface area contributed by atoms with Crippen molar-refractivity contribution in [3.8, 4) is 0 Å². The van der Waals surface area contributed by atoms with Crippen molar-refractivity contribution in [2.45, 2.75) is 37.6 Å². The van der Waals surface area contributed by atoms with Gasteiger partial charge in [-0.05, 0) is 38.8 Å². The van der Waals surface area contributed by atoms with Gasteiger partial charge in [-0.15, -0.1) is 0 Å². The van der Waals surface area contributed by atoms with E-state index in [0.717, 1.165) is 36.7 Å². The van der Waals surface area contributed by atoms with Crippen molar-refractivity contribution in [1.29, 1.82) is 0 Å². The number of nitrogens with zero attached hydrogens (tertiary/aromatic N) is 2. The molecule has 1 N–H and O–H groups in total. The van der Waals surface area contributed by atoms with Crippen LogP contribution < -0.4 is 5.32 Å². The molecule has 0 bridgehead atoms. The Hall–Kier alpha value is -2.35. The fraction of sp³-hybridized carbons (Fsp3) is 0.333. The number of Topliss-reactive ketones (excluding diaryl/α,β-unsaturated/α-hetero) is 1. The molecule has 0 aliphatic heterocycles. The fourth-order valence-corrected chi connectivity index (χ4v) is 3.46. The summed E-state index contributed by atoms with van der Waals surface area (Å²) in [6.07, 6.45) is 2.02. The number of carbonyl (C=O) groups excluding carboxylic acids is 2. The second-order valence-corrected chi connectivity index (χ2v) is 7.08. The van der Waals surface area contributed by atoms with Gasteiger partial charge in [0, 0.05) is 5.92 Å². The molecule has 1 aromatic carbocycles. The Morgan fingerprint density at radius 3 is 2.46 bits per heavy atom. The first-order valence-electron chi connectivity index (χ1n) is 8.13. The zero-order valence-corrected chi connectivity index (χ0v) is 15.1. The van der Waals surface area contributed by atoms with Gasteiger partial charge in [0.2, 0.25) is 5.91 Å². The Kier molecular flexibility index (Phi) is 5.31. The van der Waals surface area contributed by atoms with E-state index in [1.165, 1.54) is 13.0 Å². The summed E-state index contributed by atoms with van der Waals surface area (Å²) in [6, 6.07) is 3.35. The zero-order valence-electron chi connectivity index (χ0n) is 14.3. The molecule has 1 aromatic heterocycles. The van der Waals surface area contributed by atoms with Crippen molar-refractivity contribution in [2.24, 2.45) is 0 Å². The Bertz CT molecular complexity index is 865. The predicted octanol–water partition coefficient (Wildman–Crippen LogP) is 3.87. The van der Waals surface area contributed by atoms with Gasteiger partial charge in [-0.2, -0.15) is 0 Å². The molecular formula is C18H17F2N3O2S. The van der Waals surface area contributed by atoms with Crippen LogP contribution in [-0.2, 0) is 4.79 Å². The van der Waals surface area contributed by atoms with Gasteiger partial charge in [0.05, 0.1) is 17.0 Å². The SMILES string of the molecule is CC(=O)c1c(C)nc(C2CC2)nc1SCC(=O)Nc1c(F)cccc1F. The van der Waals surface area contributed by atoms with Crippen molar-refractivity contribution in [3.05, 3.63) is 46.9 Å². The summed E-state index contributed by atoms with van der Waals surface area (Å²) in [4.78, 5) is 32.8. The molecule has 3 rings (SSSR count). The zero-order chi connectivity index (χ0) is 18.8. The lowest BCUT2D eigenvalue weighted by Gasteiger charge is -2.11. The first-order valence-corrected chi connectivity index (χ1v) is 9.11.